The van der Waals surface area contributed by atoms with E-state index in [1.54, 1.807) is 6.07 Å². The Labute approximate surface area is 95.0 Å². The lowest BCUT2D eigenvalue weighted by Gasteiger charge is -2.01. The second-order valence-electron chi connectivity index (χ2n) is 3.39. The number of aromatic nitrogens is 2. The van der Waals surface area contributed by atoms with Crippen LogP contribution in [-0.2, 0) is 13.5 Å². The van der Waals surface area contributed by atoms with E-state index >= 15 is 0 Å². The first-order chi connectivity index (χ1) is 7.54. The number of fused-ring (bicyclic) bond motifs is 1. The van der Waals surface area contributed by atoms with Crippen molar-refractivity contribution in [2.75, 3.05) is 0 Å². The van der Waals surface area contributed by atoms with E-state index in [-0.39, 0.29) is 11.4 Å². The van der Waals surface area contributed by atoms with E-state index in [0.717, 1.165) is 15.9 Å². The van der Waals surface area contributed by atoms with Crippen LogP contribution < -0.4 is 5.56 Å². The van der Waals surface area contributed by atoms with Crippen LogP contribution in [0.5, 0.6) is 0 Å². The van der Waals surface area contributed by atoms with Crippen LogP contribution in [0.3, 0.4) is 0 Å². The lowest BCUT2D eigenvalue weighted by molar-refractivity contribution is 0.0678. The maximum Gasteiger partial charge on any atom is 0.372 e. The van der Waals surface area contributed by atoms with Gasteiger partial charge in [-0.3, -0.25) is 9.36 Å². The van der Waals surface area contributed by atoms with Gasteiger partial charge >= 0.3 is 5.97 Å². The average molecular weight is 238 g/mol. The van der Waals surface area contributed by atoms with Gasteiger partial charge in [-0.2, -0.15) is 0 Å². The number of aromatic carboxylic acids is 1. The number of hydrogen-bond acceptors (Lipinski definition) is 4. The molecule has 0 radical (unpaired) electrons. The van der Waals surface area contributed by atoms with Crippen LogP contribution in [0.15, 0.2) is 10.9 Å². The maximum absolute atomic E-state index is 11.8. The molecule has 2 aromatic heterocycles. The Morgan fingerprint density at radius 2 is 2.31 bits per heavy atom. The molecular formula is C10H10N2O3S. The molecule has 6 heteroatoms. The van der Waals surface area contributed by atoms with Gasteiger partial charge < -0.3 is 5.11 Å². The van der Waals surface area contributed by atoms with Crippen molar-refractivity contribution in [2.45, 2.75) is 13.3 Å². The fourth-order valence-electron chi connectivity index (χ4n) is 1.48. The third-order valence-corrected chi connectivity index (χ3v) is 3.54. The van der Waals surface area contributed by atoms with Gasteiger partial charge in [0.25, 0.3) is 5.56 Å². The SMILES string of the molecule is CCc1cc2c(=O)n(C)c(C(=O)O)nc2s1. The second-order valence-corrected chi connectivity index (χ2v) is 4.51. The Morgan fingerprint density at radius 3 is 2.88 bits per heavy atom. The number of thiophene rings is 1. The van der Waals surface area contributed by atoms with E-state index in [1.165, 1.54) is 18.4 Å². The van der Waals surface area contributed by atoms with Gasteiger partial charge in [0.1, 0.15) is 4.83 Å². The molecule has 84 valence electrons. The molecule has 0 aliphatic carbocycles. The zero-order valence-corrected chi connectivity index (χ0v) is 9.67. The summed E-state index contributed by atoms with van der Waals surface area (Å²) in [7, 11) is 1.42. The number of aryl methyl sites for hydroxylation is 1. The van der Waals surface area contributed by atoms with E-state index < -0.39 is 5.97 Å². The summed E-state index contributed by atoms with van der Waals surface area (Å²) in [4.78, 5) is 28.2. The maximum atomic E-state index is 11.8. The fourth-order valence-corrected chi connectivity index (χ4v) is 2.44. The predicted octanol–water partition coefficient (Wildman–Crippen LogP) is 1.26. The lowest BCUT2D eigenvalue weighted by atomic mass is 10.3. The van der Waals surface area contributed by atoms with Crippen LogP contribution in [-0.4, -0.2) is 20.6 Å². The number of nitrogens with zero attached hydrogens (tertiary/aromatic N) is 2. The topological polar surface area (TPSA) is 72.2 Å². The van der Waals surface area contributed by atoms with Crippen LogP contribution in [0.4, 0.5) is 0 Å². The largest absolute Gasteiger partial charge is 0.475 e. The van der Waals surface area contributed by atoms with E-state index in [4.69, 9.17) is 5.11 Å². The van der Waals surface area contributed by atoms with Crippen LogP contribution in [0.1, 0.15) is 22.4 Å². The van der Waals surface area contributed by atoms with Crippen molar-refractivity contribution >= 4 is 27.5 Å². The minimum Gasteiger partial charge on any atom is -0.475 e. The number of hydrogen-bond donors (Lipinski definition) is 1. The Morgan fingerprint density at radius 1 is 1.62 bits per heavy atom. The van der Waals surface area contributed by atoms with Crippen molar-refractivity contribution in [1.29, 1.82) is 0 Å². The molecule has 0 saturated heterocycles. The molecule has 2 heterocycles. The minimum absolute atomic E-state index is 0.220. The quantitative estimate of drug-likeness (QED) is 0.854. The Kier molecular flexibility index (Phi) is 2.51. The number of carboxylic acid groups (broad SMARTS) is 1. The Bertz CT molecular complexity index is 627. The van der Waals surface area contributed by atoms with E-state index in [9.17, 15) is 9.59 Å². The first-order valence-corrected chi connectivity index (χ1v) is 5.59. The molecule has 0 bridgehead atoms. The number of carbonyl (C=O) groups is 1. The molecule has 0 fully saturated rings. The third-order valence-electron chi connectivity index (χ3n) is 2.36. The van der Waals surface area contributed by atoms with Gasteiger partial charge in [-0.05, 0) is 12.5 Å². The molecule has 16 heavy (non-hydrogen) atoms. The van der Waals surface area contributed by atoms with Gasteiger partial charge in [-0.1, -0.05) is 6.92 Å². The molecule has 2 aromatic rings. The number of carboxylic acids is 1. The molecule has 1 N–H and O–H groups in total. The highest BCUT2D eigenvalue weighted by Crippen LogP contribution is 2.21. The van der Waals surface area contributed by atoms with Crippen molar-refractivity contribution in [2.24, 2.45) is 7.05 Å². The van der Waals surface area contributed by atoms with Gasteiger partial charge in [0, 0.05) is 11.9 Å². The smallest absolute Gasteiger partial charge is 0.372 e. The standard InChI is InChI=1S/C10H10N2O3S/c1-3-5-4-6-8(16-5)11-7(10(14)15)12(2)9(6)13/h4H,3H2,1-2H3,(H,14,15). The highest BCUT2D eigenvalue weighted by atomic mass is 32.1. The van der Waals surface area contributed by atoms with Gasteiger partial charge in [-0.25, -0.2) is 9.78 Å². The second kappa shape index (κ2) is 3.71. The van der Waals surface area contributed by atoms with E-state index in [0.29, 0.717) is 10.2 Å². The summed E-state index contributed by atoms with van der Waals surface area (Å²) < 4.78 is 1.07. The summed E-state index contributed by atoms with van der Waals surface area (Å²) >= 11 is 1.36. The first kappa shape index (κ1) is 10.8. The first-order valence-electron chi connectivity index (χ1n) is 4.77. The highest BCUT2D eigenvalue weighted by Gasteiger charge is 2.15. The summed E-state index contributed by atoms with van der Waals surface area (Å²) in [6, 6.07) is 1.78. The summed E-state index contributed by atoms with van der Waals surface area (Å²) in [5, 5.41) is 9.39. The summed E-state index contributed by atoms with van der Waals surface area (Å²) in [5.74, 6) is -1.41. The molecule has 0 unspecified atom stereocenters. The van der Waals surface area contributed by atoms with Gasteiger partial charge in [0.15, 0.2) is 0 Å². The molecule has 0 atom stereocenters. The monoisotopic (exact) mass is 238 g/mol. The molecule has 0 aromatic carbocycles. The van der Waals surface area contributed by atoms with Gasteiger partial charge in [-0.15, -0.1) is 11.3 Å². The summed E-state index contributed by atoms with van der Waals surface area (Å²) in [5.41, 5.74) is -0.307. The van der Waals surface area contributed by atoms with Gasteiger partial charge in [0.2, 0.25) is 5.82 Å². The Hall–Kier alpha value is -1.69. The minimum atomic E-state index is -1.19. The van der Waals surface area contributed by atoms with E-state index in [2.05, 4.69) is 4.98 Å². The lowest BCUT2D eigenvalue weighted by Crippen LogP contribution is -2.24. The zero-order valence-electron chi connectivity index (χ0n) is 8.85. The molecular weight excluding hydrogens is 228 g/mol. The van der Waals surface area contributed by atoms with Crippen molar-refractivity contribution in [1.82, 2.24) is 9.55 Å². The molecule has 0 aliphatic heterocycles. The van der Waals surface area contributed by atoms with Crippen LogP contribution in [0.2, 0.25) is 0 Å². The number of rotatable bonds is 2. The van der Waals surface area contributed by atoms with Crippen molar-refractivity contribution in [3.8, 4) is 0 Å². The van der Waals surface area contributed by atoms with Crippen molar-refractivity contribution in [3.63, 3.8) is 0 Å². The molecule has 0 aliphatic rings. The molecule has 0 saturated carbocycles. The van der Waals surface area contributed by atoms with E-state index in [1.807, 2.05) is 6.92 Å². The average Bonchev–Trinajstić information content (AvgIpc) is 2.66. The predicted molar refractivity (Wildman–Crippen MR) is 61.2 cm³/mol. The molecule has 0 spiro atoms. The third kappa shape index (κ3) is 1.51. The van der Waals surface area contributed by atoms with Crippen molar-refractivity contribution in [3.05, 3.63) is 27.1 Å². The highest BCUT2D eigenvalue weighted by molar-refractivity contribution is 7.18. The molecule has 5 nitrogen and oxygen atoms in total. The summed E-state index contributed by atoms with van der Waals surface area (Å²) in [6.45, 7) is 1.98. The molecule has 2 rings (SSSR count). The van der Waals surface area contributed by atoms with Crippen molar-refractivity contribution < 1.29 is 9.90 Å². The normalized spacial score (nSPS) is 10.9. The summed E-state index contributed by atoms with van der Waals surface area (Å²) in [6.07, 6.45) is 0.812. The fraction of sp³-hybridized carbons (Fsp3) is 0.300. The van der Waals surface area contributed by atoms with Crippen LogP contribution in [0, 0.1) is 0 Å². The van der Waals surface area contributed by atoms with Gasteiger partial charge in [0.05, 0.1) is 5.39 Å². The van der Waals surface area contributed by atoms with Crippen LogP contribution >= 0.6 is 11.3 Å². The molecule has 0 amide bonds. The Balaban J connectivity index is 2.85. The van der Waals surface area contributed by atoms with Crippen LogP contribution in [0.25, 0.3) is 10.2 Å². The zero-order chi connectivity index (χ0) is 11.9.